The largest absolute Gasteiger partial charge is 0.227 e. The molecule has 8 heteroatoms. The van der Waals surface area contributed by atoms with Gasteiger partial charge in [-0.05, 0) is 106 Å². The van der Waals surface area contributed by atoms with Crippen molar-refractivity contribution in [2.45, 2.75) is 0 Å². The van der Waals surface area contributed by atoms with Gasteiger partial charge in [0, 0.05) is 55.5 Å². The zero-order valence-electron chi connectivity index (χ0n) is 50.6. The van der Waals surface area contributed by atoms with Crippen molar-refractivity contribution < 1.29 is 0 Å². The van der Waals surface area contributed by atoms with Crippen LogP contribution in [0.2, 0.25) is 0 Å². The summed E-state index contributed by atoms with van der Waals surface area (Å²) < 4.78 is 0. The summed E-state index contributed by atoms with van der Waals surface area (Å²) >= 11 is 0. The fourth-order valence-corrected chi connectivity index (χ4v) is 13.6. The maximum atomic E-state index is 5.73. The smallest absolute Gasteiger partial charge is 0.164 e. The number of aromatic nitrogens is 8. The van der Waals surface area contributed by atoms with Crippen LogP contribution in [0.1, 0.15) is 0 Å². The lowest BCUT2D eigenvalue weighted by molar-refractivity contribution is 1.07. The van der Waals surface area contributed by atoms with Crippen molar-refractivity contribution in [2.75, 3.05) is 0 Å². The van der Waals surface area contributed by atoms with Gasteiger partial charge in [-0.2, -0.15) is 0 Å². The maximum absolute atomic E-state index is 5.73. The van der Waals surface area contributed by atoms with Crippen molar-refractivity contribution in [1.29, 1.82) is 0 Å². The highest BCUT2D eigenvalue weighted by Gasteiger charge is 2.22. The molecule has 0 saturated heterocycles. The third-order valence-corrected chi connectivity index (χ3v) is 18.1. The Hall–Kier alpha value is -12.8. The summed E-state index contributed by atoms with van der Waals surface area (Å²) in [5.41, 5.74) is 12.7. The lowest BCUT2D eigenvalue weighted by atomic mass is 9.88. The summed E-state index contributed by atoms with van der Waals surface area (Å²) in [6, 6.07) is 111. The number of hydrogen-bond acceptors (Lipinski definition) is 8. The van der Waals surface area contributed by atoms with E-state index in [1.807, 2.05) is 121 Å². The molecule has 0 aliphatic heterocycles. The van der Waals surface area contributed by atoms with Crippen LogP contribution in [0.25, 0.3) is 189 Å². The highest BCUT2D eigenvalue weighted by atomic mass is 15.0. The van der Waals surface area contributed by atoms with Gasteiger partial charge in [0.25, 0.3) is 0 Å². The minimum Gasteiger partial charge on any atom is -0.227 e. The normalized spacial score (nSPS) is 11.6. The van der Waals surface area contributed by atoms with Crippen LogP contribution in [0.5, 0.6) is 0 Å². The van der Waals surface area contributed by atoms with E-state index >= 15 is 0 Å². The average molecular weight is 1200 g/mol. The van der Waals surface area contributed by atoms with E-state index in [1.165, 1.54) is 64.6 Å². The van der Waals surface area contributed by atoms with Gasteiger partial charge < -0.3 is 0 Å². The Kier molecular flexibility index (Phi) is 13.0. The van der Waals surface area contributed by atoms with Crippen LogP contribution in [0.4, 0.5) is 0 Å². The predicted octanol–water partition coefficient (Wildman–Crippen LogP) is 21.6. The second-order valence-corrected chi connectivity index (χ2v) is 23.8. The molecule has 8 nitrogen and oxygen atoms in total. The molecule has 18 aromatic rings. The molecule has 0 bridgehead atoms. The summed E-state index contributed by atoms with van der Waals surface area (Å²) in [5, 5.41) is 15.4. The first kappa shape index (κ1) is 54.2. The molecule has 18 rings (SSSR count). The van der Waals surface area contributed by atoms with E-state index in [9.17, 15) is 0 Å². The molecule has 94 heavy (non-hydrogen) atoms. The molecule has 0 saturated carbocycles. The van der Waals surface area contributed by atoms with Gasteiger partial charge in [-0.25, -0.2) is 39.9 Å². The molecule has 0 N–H and O–H groups in total. The van der Waals surface area contributed by atoms with Crippen molar-refractivity contribution in [1.82, 2.24) is 39.9 Å². The first-order chi connectivity index (χ1) is 46.6. The molecule has 0 amide bonds. The van der Waals surface area contributed by atoms with Gasteiger partial charge in [0.2, 0.25) is 0 Å². The topological polar surface area (TPSA) is 103 Å². The Bertz CT molecular complexity index is 5820. The Balaban J connectivity index is 0.871. The van der Waals surface area contributed by atoms with Gasteiger partial charge in [0.05, 0.1) is 11.2 Å². The molecule has 15 aromatic carbocycles. The van der Waals surface area contributed by atoms with Gasteiger partial charge >= 0.3 is 0 Å². The first-order valence-electron chi connectivity index (χ1n) is 31.6. The molecule has 0 aliphatic carbocycles. The Morgan fingerprint density at radius 3 is 0.734 bits per heavy atom. The van der Waals surface area contributed by atoms with Gasteiger partial charge in [-0.15, -0.1) is 0 Å². The number of rotatable bonds is 10. The van der Waals surface area contributed by atoms with E-state index in [0.29, 0.717) is 40.8 Å². The minimum absolute atomic E-state index is 0.561. The Morgan fingerprint density at radius 1 is 0.138 bits per heavy atom. The summed E-state index contributed by atoms with van der Waals surface area (Å²) in [5.74, 6) is 4.08. The third-order valence-electron chi connectivity index (χ3n) is 18.1. The zero-order valence-corrected chi connectivity index (χ0v) is 50.6. The first-order valence-corrected chi connectivity index (χ1v) is 31.6. The van der Waals surface area contributed by atoms with E-state index in [-0.39, 0.29) is 0 Å². The lowest BCUT2D eigenvalue weighted by Gasteiger charge is -2.17. The van der Waals surface area contributed by atoms with Crippen LogP contribution in [0, 0.1) is 0 Å². The van der Waals surface area contributed by atoms with E-state index in [4.69, 9.17) is 39.9 Å². The molecule has 0 spiro atoms. The van der Waals surface area contributed by atoms with Gasteiger partial charge in [0.15, 0.2) is 40.8 Å². The highest BCUT2D eigenvalue weighted by Crippen LogP contribution is 2.44. The summed E-state index contributed by atoms with van der Waals surface area (Å²) in [6.45, 7) is 0. The zero-order chi connectivity index (χ0) is 62.1. The van der Waals surface area contributed by atoms with Crippen molar-refractivity contribution in [3.8, 4) is 113 Å². The van der Waals surface area contributed by atoms with Crippen LogP contribution in [0.3, 0.4) is 0 Å². The van der Waals surface area contributed by atoms with Gasteiger partial charge in [-0.1, -0.05) is 291 Å². The second-order valence-electron chi connectivity index (χ2n) is 23.8. The Labute approximate surface area is 541 Å². The molecular formula is C86H52N8. The van der Waals surface area contributed by atoms with Crippen LogP contribution < -0.4 is 0 Å². The van der Waals surface area contributed by atoms with Crippen molar-refractivity contribution >= 4 is 75.5 Å². The van der Waals surface area contributed by atoms with Crippen molar-refractivity contribution in [2.24, 2.45) is 0 Å². The Morgan fingerprint density at radius 2 is 0.383 bits per heavy atom. The quantitative estimate of drug-likeness (QED) is 0.125. The average Bonchev–Trinajstić information content (AvgIpc) is 0.743. The van der Waals surface area contributed by atoms with E-state index in [0.717, 1.165) is 83.4 Å². The minimum atomic E-state index is 0.561. The molecule has 0 aliphatic rings. The SMILES string of the molecule is c1ccc(-c2nc(-c3ccccc3)nc(-c3ccc(-c4nc(-c5ccc(-c6nc(-c7ccccc7)nc(-c7ccccc7)n6)cc5)c5cc(-c6ccc7c8ccccc8c8ccccc8c7c6)cc(-c6ccc7c8ccccc8c8ccccc8c7c6)c5n4)cc3)n2)cc1. The standard InChI is InChI=1S/C86H52N8/c1-5-21-54(22-6-1)81-89-82(55-23-7-2-8-24-55)92-85(91-81)59-39-37-53(38-40-59)78-77-52-63(61-45-47-72-68-33-15-13-29-64(68)66-31-17-19-35-70(66)75(72)49-61)51-74(62-46-48-73-69-34-16-14-30-65(69)67-32-18-20-36-71(67)76(73)50-62)79(77)88-80(87-78)58-41-43-60(44-42-58)86-93-83(56-25-9-3-10-26-56)90-84(94-86)57-27-11-4-12-28-57/h1-52H. The van der Waals surface area contributed by atoms with E-state index in [2.05, 4.69) is 194 Å². The monoisotopic (exact) mass is 1200 g/mol. The van der Waals surface area contributed by atoms with Crippen LogP contribution in [0.15, 0.2) is 315 Å². The molecule has 0 unspecified atom stereocenters. The molecule has 3 aromatic heterocycles. The predicted molar refractivity (Wildman–Crippen MR) is 386 cm³/mol. The maximum Gasteiger partial charge on any atom is 0.164 e. The molecule has 0 fully saturated rings. The number of fused-ring (bicyclic) bond motifs is 13. The van der Waals surface area contributed by atoms with E-state index < -0.39 is 0 Å². The van der Waals surface area contributed by atoms with Crippen molar-refractivity contribution in [3.05, 3.63) is 315 Å². The number of hydrogen-bond donors (Lipinski definition) is 0. The second kappa shape index (κ2) is 22.6. The van der Waals surface area contributed by atoms with Crippen LogP contribution >= 0.6 is 0 Å². The molecule has 0 atom stereocenters. The van der Waals surface area contributed by atoms with Gasteiger partial charge in [-0.3, -0.25) is 0 Å². The fourth-order valence-electron chi connectivity index (χ4n) is 13.6. The third kappa shape index (κ3) is 9.56. The fraction of sp³-hybridized carbons (Fsp3) is 0. The molecule has 436 valence electrons. The molecular weight excluding hydrogens is 1150 g/mol. The van der Waals surface area contributed by atoms with Crippen LogP contribution in [-0.4, -0.2) is 39.9 Å². The van der Waals surface area contributed by atoms with E-state index in [1.54, 1.807) is 0 Å². The van der Waals surface area contributed by atoms with Crippen LogP contribution in [-0.2, 0) is 0 Å². The molecule has 3 heterocycles. The van der Waals surface area contributed by atoms with Gasteiger partial charge in [0.1, 0.15) is 0 Å². The number of benzene rings is 15. The number of nitrogens with zero attached hydrogens (tertiary/aromatic N) is 8. The highest BCUT2D eigenvalue weighted by molar-refractivity contribution is 6.27. The van der Waals surface area contributed by atoms with Crippen molar-refractivity contribution in [3.63, 3.8) is 0 Å². The molecule has 0 radical (unpaired) electrons. The summed E-state index contributed by atoms with van der Waals surface area (Å²) in [7, 11) is 0. The summed E-state index contributed by atoms with van der Waals surface area (Å²) in [6.07, 6.45) is 0. The summed E-state index contributed by atoms with van der Waals surface area (Å²) in [4.78, 5) is 41.8. The lowest BCUT2D eigenvalue weighted by Crippen LogP contribution is -2.01.